The standard InChI is InChI=1S/C12H8BrN3/c13-10-3-1-2-9(6-10)11-8-16-5-4-14-7-12(16)15-11/h1-8H. The Morgan fingerprint density at radius 1 is 1.25 bits per heavy atom. The first-order chi connectivity index (χ1) is 7.83. The fourth-order valence-corrected chi connectivity index (χ4v) is 2.03. The molecular weight excluding hydrogens is 266 g/mol. The van der Waals surface area contributed by atoms with Gasteiger partial charge in [-0.1, -0.05) is 28.1 Å². The Kier molecular flexibility index (Phi) is 2.22. The van der Waals surface area contributed by atoms with Crippen molar-refractivity contribution in [3.63, 3.8) is 0 Å². The zero-order chi connectivity index (χ0) is 11.0. The minimum Gasteiger partial charge on any atom is -0.304 e. The van der Waals surface area contributed by atoms with Crippen LogP contribution in [-0.2, 0) is 0 Å². The smallest absolute Gasteiger partial charge is 0.155 e. The first kappa shape index (κ1) is 9.54. The molecule has 16 heavy (non-hydrogen) atoms. The van der Waals surface area contributed by atoms with Gasteiger partial charge < -0.3 is 4.40 Å². The molecule has 0 atom stereocenters. The van der Waals surface area contributed by atoms with E-state index < -0.39 is 0 Å². The molecule has 3 rings (SSSR count). The van der Waals surface area contributed by atoms with Gasteiger partial charge in [-0.25, -0.2) is 4.98 Å². The van der Waals surface area contributed by atoms with Crippen LogP contribution in [0.15, 0.2) is 53.5 Å². The van der Waals surface area contributed by atoms with Crippen LogP contribution in [0.4, 0.5) is 0 Å². The Morgan fingerprint density at radius 2 is 2.19 bits per heavy atom. The molecule has 2 heterocycles. The third kappa shape index (κ3) is 1.61. The molecule has 0 amide bonds. The van der Waals surface area contributed by atoms with Crippen molar-refractivity contribution in [1.82, 2.24) is 14.4 Å². The fraction of sp³-hybridized carbons (Fsp3) is 0. The lowest BCUT2D eigenvalue weighted by molar-refractivity contribution is 1.13. The first-order valence-corrected chi connectivity index (χ1v) is 5.67. The molecule has 0 unspecified atom stereocenters. The van der Waals surface area contributed by atoms with Gasteiger partial charge in [0.2, 0.25) is 0 Å². The summed E-state index contributed by atoms with van der Waals surface area (Å²) < 4.78 is 3.02. The lowest BCUT2D eigenvalue weighted by Gasteiger charge is -1.95. The van der Waals surface area contributed by atoms with Gasteiger partial charge in [0.1, 0.15) is 0 Å². The van der Waals surface area contributed by atoms with Gasteiger partial charge in [-0.15, -0.1) is 0 Å². The summed E-state index contributed by atoms with van der Waals surface area (Å²) in [6, 6.07) is 8.09. The van der Waals surface area contributed by atoms with Crippen LogP contribution in [0.2, 0.25) is 0 Å². The van der Waals surface area contributed by atoms with Gasteiger partial charge >= 0.3 is 0 Å². The van der Waals surface area contributed by atoms with Gasteiger partial charge in [0, 0.05) is 28.6 Å². The van der Waals surface area contributed by atoms with E-state index in [0.29, 0.717) is 0 Å². The Morgan fingerprint density at radius 3 is 3.00 bits per heavy atom. The molecule has 3 nitrogen and oxygen atoms in total. The van der Waals surface area contributed by atoms with E-state index in [2.05, 4.69) is 32.0 Å². The van der Waals surface area contributed by atoms with Crippen LogP contribution < -0.4 is 0 Å². The maximum atomic E-state index is 4.50. The molecule has 4 heteroatoms. The van der Waals surface area contributed by atoms with E-state index >= 15 is 0 Å². The van der Waals surface area contributed by atoms with Crippen molar-refractivity contribution in [3.8, 4) is 11.3 Å². The predicted octanol–water partition coefficient (Wildman–Crippen LogP) is 3.16. The number of benzene rings is 1. The monoisotopic (exact) mass is 273 g/mol. The summed E-state index contributed by atoms with van der Waals surface area (Å²) in [5, 5.41) is 0. The normalized spacial score (nSPS) is 10.8. The predicted molar refractivity (Wildman–Crippen MR) is 66.1 cm³/mol. The van der Waals surface area contributed by atoms with Crippen molar-refractivity contribution in [1.29, 1.82) is 0 Å². The second-order valence-electron chi connectivity index (χ2n) is 3.48. The molecule has 0 aliphatic carbocycles. The van der Waals surface area contributed by atoms with Gasteiger partial charge in [0.25, 0.3) is 0 Å². The summed E-state index contributed by atoms with van der Waals surface area (Å²) in [6.07, 6.45) is 7.39. The summed E-state index contributed by atoms with van der Waals surface area (Å²) in [4.78, 5) is 8.55. The van der Waals surface area contributed by atoms with Gasteiger partial charge in [-0.05, 0) is 12.1 Å². The molecule has 0 saturated carbocycles. The van der Waals surface area contributed by atoms with Crippen molar-refractivity contribution >= 4 is 21.6 Å². The molecule has 0 aliphatic heterocycles. The highest BCUT2D eigenvalue weighted by Gasteiger charge is 2.03. The summed E-state index contributed by atoms with van der Waals surface area (Å²) >= 11 is 3.46. The number of rotatable bonds is 1. The Hall–Kier alpha value is -1.68. The highest BCUT2D eigenvalue weighted by molar-refractivity contribution is 9.10. The van der Waals surface area contributed by atoms with Crippen LogP contribution in [0.5, 0.6) is 0 Å². The summed E-state index contributed by atoms with van der Waals surface area (Å²) in [5.41, 5.74) is 2.91. The number of imidazole rings is 1. The van der Waals surface area contributed by atoms with Crippen LogP contribution in [0, 0.1) is 0 Å². The quantitative estimate of drug-likeness (QED) is 0.682. The number of nitrogens with zero attached hydrogens (tertiary/aromatic N) is 3. The second kappa shape index (κ2) is 3.72. The van der Waals surface area contributed by atoms with Crippen molar-refractivity contribution < 1.29 is 0 Å². The van der Waals surface area contributed by atoms with E-state index in [4.69, 9.17) is 0 Å². The minimum absolute atomic E-state index is 0.859. The molecule has 0 fully saturated rings. The van der Waals surface area contributed by atoms with Gasteiger partial charge in [-0.3, -0.25) is 4.98 Å². The average molecular weight is 274 g/mol. The maximum Gasteiger partial charge on any atom is 0.155 e. The molecule has 0 spiro atoms. The summed E-state index contributed by atoms with van der Waals surface area (Å²) in [6.45, 7) is 0. The number of hydrogen-bond donors (Lipinski definition) is 0. The molecule has 78 valence electrons. The highest BCUT2D eigenvalue weighted by Crippen LogP contribution is 2.22. The molecule has 1 aromatic carbocycles. The van der Waals surface area contributed by atoms with E-state index in [1.165, 1.54) is 0 Å². The Balaban J connectivity index is 2.19. The number of fused-ring (bicyclic) bond motifs is 1. The third-order valence-electron chi connectivity index (χ3n) is 2.38. The van der Waals surface area contributed by atoms with Gasteiger partial charge in [0.15, 0.2) is 5.65 Å². The number of halogens is 1. The number of aromatic nitrogens is 3. The van der Waals surface area contributed by atoms with E-state index in [1.807, 2.05) is 35.0 Å². The zero-order valence-electron chi connectivity index (χ0n) is 8.34. The van der Waals surface area contributed by atoms with Crippen molar-refractivity contribution in [3.05, 3.63) is 53.5 Å². The van der Waals surface area contributed by atoms with Gasteiger partial charge in [-0.2, -0.15) is 0 Å². The van der Waals surface area contributed by atoms with Crippen LogP contribution >= 0.6 is 15.9 Å². The van der Waals surface area contributed by atoms with Crippen molar-refractivity contribution in [2.24, 2.45) is 0 Å². The second-order valence-corrected chi connectivity index (χ2v) is 4.39. The van der Waals surface area contributed by atoms with Crippen LogP contribution in [0.3, 0.4) is 0 Å². The van der Waals surface area contributed by atoms with E-state index in [9.17, 15) is 0 Å². The largest absolute Gasteiger partial charge is 0.304 e. The lowest BCUT2D eigenvalue weighted by Crippen LogP contribution is -1.81. The fourth-order valence-electron chi connectivity index (χ4n) is 1.63. The molecule has 0 saturated heterocycles. The molecule has 3 aromatic rings. The van der Waals surface area contributed by atoms with Crippen LogP contribution in [-0.4, -0.2) is 14.4 Å². The molecule has 0 aliphatic rings. The maximum absolute atomic E-state index is 4.50. The van der Waals surface area contributed by atoms with E-state index in [1.54, 1.807) is 12.4 Å². The SMILES string of the molecule is Brc1cccc(-c2cn3ccncc3n2)c1. The molecule has 0 N–H and O–H groups in total. The van der Waals surface area contributed by atoms with E-state index in [-0.39, 0.29) is 0 Å². The average Bonchev–Trinajstić information content (AvgIpc) is 2.72. The zero-order valence-corrected chi connectivity index (χ0v) is 9.92. The first-order valence-electron chi connectivity index (χ1n) is 4.87. The lowest BCUT2D eigenvalue weighted by atomic mass is 10.2. The Bertz CT molecular complexity index is 612. The molecule has 0 bridgehead atoms. The van der Waals surface area contributed by atoms with Gasteiger partial charge in [0.05, 0.1) is 11.9 Å². The highest BCUT2D eigenvalue weighted by atomic mass is 79.9. The number of hydrogen-bond acceptors (Lipinski definition) is 2. The third-order valence-corrected chi connectivity index (χ3v) is 2.88. The van der Waals surface area contributed by atoms with Crippen LogP contribution in [0.1, 0.15) is 0 Å². The minimum atomic E-state index is 0.859. The topological polar surface area (TPSA) is 30.2 Å². The summed E-state index contributed by atoms with van der Waals surface area (Å²) in [7, 11) is 0. The van der Waals surface area contributed by atoms with Crippen LogP contribution in [0.25, 0.3) is 16.9 Å². The molecule has 2 aromatic heterocycles. The Labute approximate surface area is 101 Å². The van der Waals surface area contributed by atoms with Crippen molar-refractivity contribution in [2.45, 2.75) is 0 Å². The van der Waals surface area contributed by atoms with E-state index in [0.717, 1.165) is 21.4 Å². The molecule has 0 radical (unpaired) electrons. The molecular formula is C12H8BrN3. The summed E-state index contributed by atoms with van der Waals surface area (Å²) in [5.74, 6) is 0. The van der Waals surface area contributed by atoms with Crippen molar-refractivity contribution in [2.75, 3.05) is 0 Å².